The van der Waals surface area contributed by atoms with Crippen LogP contribution in [0, 0.1) is 23.1 Å². The normalized spacial score (nSPS) is 14.2. The van der Waals surface area contributed by atoms with Crippen LogP contribution >= 0.6 is 0 Å². The van der Waals surface area contributed by atoms with Gasteiger partial charge in [0.2, 0.25) is 5.91 Å². The van der Waals surface area contributed by atoms with E-state index in [2.05, 4.69) is 21.5 Å². The second kappa shape index (κ2) is 8.46. The van der Waals surface area contributed by atoms with Gasteiger partial charge in [-0.1, -0.05) is 0 Å². The van der Waals surface area contributed by atoms with Gasteiger partial charge in [-0.25, -0.2) is 9.37 Å². The van der Waals surface area contributed by atoms with Gasteiger partial charge in [-0.2, -0.15) is 10.4 Å². The summed E-state index contributed by atoms with van der Waals surface area (Å²) in [5.41, 5.74) is 3.11. The molecule has 2 aromatic heterocycles. The predicted molar refractivity (Wildman–Crippen MR) is 112 cm³/mol. The quantitative estimate of drug-likeness (QED) is 0.604. The predicted octanol–water partition coefficient (Wildman–Crippen LogP) is 4.96. The van der Waals surface area contributed by atoms with Gasteiger partial charge in [0, 0.05) is 29.9 Å². The molecule has 0 aliphatic heterocycles. The maximum atomic E-state index is 13.4. The van der Waals surface area contributed by atoms with Crippen molar-refractivity contribution in [3.8, 4) is 28.5 Å². The summed E-state index contributed by atoms with van der Waals surface area (Å²) in [5, 5.41) is 16.6. The monoisotopic (exact) mass is 403 g/mol. The summed E-state index contributed by atoms with van der Waals surface area (Å²) in [6.45, 7) is 1.92. The molecule has 1 atom stereocenters. The van der Waals surface area contributed by atoms with Crippen LogP contribution in [0.15, 0.2) is 48.8 Å². The summed E-state index contributed by atoms with van der Waals surface area (Å²) < 4.78 is 15.2. The average molecular weight is 403 g/mol. The molecule has 1 aromatic carbocycles. The molecule has 0 radical (unpaired) electrons. The number of halogens is 1. The van der Waals surface area contributed by atoms with Gasteiger partial charge in [-0.15, -0.1) is 0 Å². The number of hydrogen-bond acceptors (Lipinski definition) is 4. The number of pyridine rings is 1. The minimum Gasteiger partial charge on any atom is -0.311 e. The molecule has 4 rings (SSSR count). The van der Waals surface area contributed by atoms with Crippen LogP contribution < -0.4 is 5.32 Å². The highest BCUT2D eigenvalue weighted by Gasteiger charge is 2.24. The molecular formula is C23H22FN5O. The van der Waals surface area contributed by atoms with E-state index in [-0.39, 0.29) is 17.8 Å². The van der Waals surface area contributed by atoms with E-state index in [4.69, 9.17) is 5.26 Å². The number of nitriles is 1. The van der Waals surface area contributed by atoms with E-state index in [0.717, 1.165) is 29.5 Å². The van der Waals surface area contributed by atoms with E-state index >= 15 is 0 Å². The molecule has 1 aliphatic carbocycles. The maximum Gasteiger partial charge on any atom is 0.225 e. The lowest BCUT2D eigenvalue weighted by Crippen LogP contribution is -2.12. The van der Waals surface area contributed by atoms with Crippen molar-refractivity contribution in [2.24, 2.45) is 5.92 Å². The Balaban J connectivity index is 1.69. The van der Waals surface area contributed by atoms with Crippen molar-refractivity contribution >= 4 is 11.7 Å². The number of aromatic nitrogens is 3. The van der Waals surface area contributed by atoms with Crippen LogP contribution in [-0.4, -0.2) is 20.7 Å². The van der Waals surface area contributed by atoms with E-state index < -0.39 is 0 Å². The summed E-state index contributed by atoms with van der Waals surface area (Å²) in [6.07, 6.45) is 6.60. The first-order chi connectivity index (χ1) is 14.5. The largest absolute Gasteiger partial charge is 0.311 e. The Bertz CT molecular complexity index is 1100. The lowest BCUT2D eigenvalue weighted by Gasteiger charge is -2.07. The minimum absolute atomic E-state index is 0.0285. The highest BCUT2D eigenvalue weighted by atomic mass is 19.1. The van der Waals surface area contributed by atoms with Gasteiger partial charge in [0.25, 0.3) is 0 Å². The number of benzene rings is 1. The van der Waals surface area contributed by atoms with Crippen LogP contribution in [0.1, 0.15) is 38.6 Å². The fourth-order valence-electron chi connectivity index (χ4n) is 3.32. The fraction of sp³-hybridized carbons (Fsp3) is 0.304. The average Bonchev–Trinajstić information content (AvgIpc) is 3.42. The molecular weight excluding hydrogens is 381 g/mol. The number of hydrogen-bond donors (Lipinski definition) is 1. The summed E-state index contributed by atoms with van der Waals surface area (Å²) in [5.74, 6) is 0.639. The third kappa shape index (κ3) is 4.54. The molecule has 6 nitrogen and oxygen atoms in total. The zero-order chi connectivity index (χ0) is 21.1. The Morgan fingerprint density at radius 3 is 2.77 bits per heavy atom. The van der Waals surface area contributed by atoms with Crippen molar-refractivity contribution in [1.82, 2.24) is 14.8 Å². The van der Waals surface area contributed by atoms with Crippen molar-refractivity contribution in [2.45, 2.75) is 38.6 Å². The molecule has 1 amide bonds. The van der Waals surface area contributed by atoms with Gasteiger partial charge in [-0.05, 0) is 67.6 Å². The van der Waals surface area contributed by atoms with Crippen molar-refractivity contribution in [3.63, 3.8) is 0 Å². The summed E-state index contributed by atoms with van der Waals surface area (Å²) in [7, 11) is 0. The lowest BCUT2D eigenvalue weighted by molar-refractivity contribution is -0.116. The second-order valence-electron chi connectivity index (χ2n) is 7.71. The maximum absolute atomic E-state index is 13.4. The van der Waals surface area contributed by atoms with E-state index in [1.54, 1.807) is 23.0 Å². The van der Waals surface area contributed by atoms with Crippen LogP contribution in [0.3, 0.4) is 0 Å². The smallest absolute Gasteiger partial charge is 0.225 e. The van der Waals surface area contributed by atoms with E-state index in [1.807, 2.05) is 25.3 Å². The molecule has 0 spiro atoms. The second-order valence-corrected chi connectivity index (χ2v) is 7.71. The summed E-state index contributed by atoms with van der Waals surface area (Å²) >= 11 is 0. The number of amides is 1. The first kappa shape index (κ1) is 19.8. The number of anilines is 1. The molecule has 0 bridgehead atoms. The van der Waals surface area contributed by atoms with Crippen LogP contribution in [0.2, 0.25) is 0 Å². The van der Waals surface area contributed by atoms with Crippen molar-refractivity contribution in [1.29, 1.82) is 5.26 Å². The van der Waals surface area contributed by atoms with Crippen LogP contribution in [0.5, 0.6) is 0 Å². The van der Waals surface area contributed by atoms with E-state index in [9.17, 15) is 9.18 Å². The van der Waals surface area contributed by atoms with Gasteiger partial charge < -0.3 is 5.32 Å². The van der Waals surface area contributed by atoms with Crippen molar-refractivity contribution in [2.75, 3.05) is 5.32 Å². The lowest BCUT2D eigenvalue weighted by atomic mass is 10.0. The summed E-state index contributed by atoms with van der Waals surface area (Å²) in [4.78, 5) is 16.4. The van der Waals surface area contributed by atoms with Crippen LogP contribution in [-0.2, 0) is 4.79 Å². The van der Waals surface area contributed by atoms with Crippen LogP contribution in [0.25, 0.3) is 22.4 Å². The first-order valence-electron chi connectivity index (χ1n) is 10.0. The van der Waals surface area contributed by atoms with Gasteiger partial charge in [0.05, 0.1) is 18.5 Å². The zero-order valence-electron chi connectivity index (χ0n) is 16.7. The van der Waals surface area contributed by atoms with Gasteiger partial charge >= 0.3 is 0 Å². The molecule has 1 aliphatic rings. The van der Waals surface area contributed by atoms with Gasteiger partial charge in [0.15, 0.2) is 0 Å². The Morgan fingerprint density at radius 1 is 1.30 bits per heavy atom. The Kier molecular flexibility index (Phi) is 5.57. The van der Waals surface area contributed by atoms with Crippen molar-refractivity contribution in [3.05, 3.63) is 54.6 Å². The van der Waals surface area contributed by atoms with Crippen molar-refractivity contribution < 1.29 is 9.18 Å². The zero-order valence-corrected chi connectivity index (χ0v) is 16.7. The highest BCUT2D eigenvalue weighted by Crippen LogP contribution is 2.34. The molecule has 1 saturated carbocycles. The number of carbonyl (C=O) groups is 1. The fourth-order valence-corrected chi connectivity index (χ4v) is 3.32. The third-order valence-corrected chi connectivity index (χ3v) is 5.20. The van der Waals surface area contributed by atoms with Crippen LogP contribution in [0.4, 0.5) is 10.2 Å². The standard InChI is InChI=1S/C23H22FN5O/c1-15(8-10-25)29-14-20(23(28-29)17-4-6-19(24)7-5-17)18-9-11-26-21(13-18)27-22(30)12-16-2-3-16/h4-7,9,11,13-16H,2-3,8,12H2,1H3,(H,26,27,30). The highest BCUT2D eigenvalue weighted by molar-refractivity contribution is 5.91. The Hall–Kier alpha value is -3.53. The molecule has 0 saturated heterocycles. The molecule has 2 heterocycles. The molecule has 1 unspecified atom stereocenters. The molecule has 152 valence electrons. The molecule has 3 aromatic rings. The molecule has 1 N–H and O–H groups in total. The SMILES string of the molecule is CC(CC#N)n1cc(-c2ccnc(NC(=O)CC3CC3)c2)c(-c2ccc(F)cc2)n1. The third-order valence-electron chi connectivity index (χ3n) is 5.20. The first-order valence-corrected chi connectivity index (χ1v) is 10.0. The Labute approximate surface area is 174 Å². The number of rotatable bonds is 7. The van der Waals surface area contributed by atoms with E-state index in [1.165, 1.54) is 12.1 Å². The number of nitrogens with one attached hydrogen (secondary N) is 1. The minimum atomic E-state index is -0.317. The van der Waals surface area contributed by atoms with Gasteiger partial charge in [-0.3, -0.25) is 9.48 Å². The van der Waals surface area contributed by atoms with E-state index in [0.29, 0.717) is 30.3 Å². The number of carbonyl (C=O) groups excluding carboxylic acids is 1. The molecule has 7 heteroatoms. The Morgan fingerprint density at radius 2 is 2.07 bits per heavy atom. The molecule has 1 fully saturated rings. The number of nitrogens with zero attached hydrogens (tertiary/aromatic N) is 4. The summed E-state index contributed by atoms with van der Waals surface area (Å²) in [6, 6.07) is 11.9. The topological polar surface area (TPSA) is 83.6 Å². The van der Waals surface area contributed by atoms with Gasteiger partial charge in [0.1, 0.15) is 17.3 Å². The molecule has 30 heavy (non-hydrogen) atoms.